The van der Waals surface area contributed by atoms with Crippen LogP contribution in [0.15, 0.2) is 41.1 Å². The number of rotatable bonds is 4. The second kappa shape index (κ2) is 6.21. The minimum atomic E-state index is -0.620. The van der Waals surface area contributed by atoms with Gasteiger partial charge >= 0.3 is 6.03 Å². The van der Waals surface area contributed by atoms with Crippen molar-refractivity contribution in [3.05, 3.63) is 47.6 Å². The van der Waals surface area contributed by atoms with Gasteiger partial charge in [-0.3, -0.25) is 0 Å². The fourth-order valence-electron chi connectivity index (χ4n) is 1.49. The SMILES string of the molecule is O=C(Nc1cccnc1Cl)NC(CO)c1ccco1. The molecule has 2 aromatic heterocycles. The van der Waals surface area contributed by atoms with E-state index in [-0.39, 0.29) is 11.8 Å². The monoisotopic (exact) mass is 281 g/mol. The molecule has 1 unspecified atom stereocenters. The topological polar surface area (TPSA) is 87.4 Å². The van der Waals surface area contributed by atoms with Gasteiger partial charge in [0.05, 0.1) is 18.6 Å². The Morgan fingerprint density at radius 1 is 1.47 bits per heavy atom. The number of halogens is 1. The van der Waals surface area contributed by atoms with E-state index in [1.807, 2.05) is 0 Å². The van der Waals surface area contributed by atoms with Crippen LogP contribution in [0.1, 0.15) is 11.8 Å². The maximum absolute atomic E-state index is 11.8. The van der Waals surface area contributed by atoms with Gasteiger partial charge in [-0.05, 0) is 24.3 Å². The average molecular weight is 282 g/mol. The summed E-state index contributed by atoms with van der Waals surface area (Å²) in [6.45, 7) is -0.276. The molecule has 6 nitrogen and oxygen atoms in total. The number of anilines is 1. The predicted molar refractivity (Wildman–Crippen MR) is 69.9 cm³/mol. The number of nitrogens with one attached hydrogen (secondary N) is 2. The van der Waals surface area contributed by atoms with Gasteiger partial charge in [-0.1, -0.05) is 11.6 Å². The lowest BCUT2D eigenvalue weighted by Gasteiger charge is -2.14. The Kier molecular flexibility index (Phi) is 4.38. The lowest BCUT2D eigenvalue weighted by Crippen LogP contribution is -2.34. The number of amides is 2. The lowest BCUT2D eigenvalue weighted by molar-refractivity contribution is 0.215. The van der Waals surface area contributed by atoms with Crippen molar-refractivity contribution in [1.29, 1.82) is 0 Å². The Bertz CT molecular complexity index is 545. The molecular formula is C12H12ClN3O3. The molecule has 0 aliphatic heterocycles. The first-order valence-electron chi connectivity index (χ1n) is 5.53. The number of aliphatic hydroxyl groups excluding tert-OH is 1. The molecule has 0 aromatic carbocycles. The van der Waals surface area contributed by atoms with Crippen molar-refractivity contribution in [1.82, 2.24) is 10.3 Å². The Hall–Kier alpha value is -2.05. The number of pyridine rings is 1. The van der Waals surface area contributed by atoms with Gasteiger partial charge in [0, 0.05) is 6.20 Å². The van der Waals surface area contributed by atoms with E-state index >= 15 is 0 Å². The smallest absolute Gasteiger partial charge is 0.320 e. The van der Waals surface area contributed by atoms with E-state index in [1.165, 1.54) is 12.5 Å². The van der Waals surface area contributed by atoms with E-state index in [0.717, 1.165) is 0 Å². The van der Waals surface area contributed by atoms with Crippen LogP contribution in [0, 0.1) is 0 Å². The lowest BCUT2D eigenvalue weighted by atomic mass is 10.2. The summed E-state index contributed by atoms with van der Waals surface area (Å²) in [5.74, 6) is 0.468. The van der Waals surface area contributed by atoms with Crippen molar-refractivity contribution >= 4 is 23.3 Å². The summed E-state index contributed by atoms with van der Waals surface area (Å²) in [7, 11) is 0. The van der Waals surface area contributed by atoms with Crippen LogP contribution in [0.2, 0.25) is 5.15 Å². The van der Waals surface area contributed by atoms with E-state index in [4.69, 9.17) is 16.0 Å². The standard InChI is InChI=1S/C12H12ClN3O3/c13-11-8(3-1-5-14-11)15-12(18)16-9(7-17)10-4-2-6-19-10/h1-6,9,17H,7H2,(H2,15,16,18). The Balaban J connectivity index is 1.99. The third-order valence-electron chi connectivity index (χ3n) is 2.38. The molecule has 100 valence electrons. The molecule has 2 amide bonds. The zero-order valence-electron chi connectivity index (χ0n) is 9.84. The number of aliphatic hydroxyl groups is 1. The van der Waals surface area contributed by atoms with Gasteiger partial charge in [0.15, 0.2) is 5.15 Å². The number of aromatic nitrogens is 1. The van der Waals surface area contributed by atoms with Crippen LogP contribution in [0.25, 0.3) is 0 Å². The highest BCUT2D eigenvalue weighted by atomic mass is 35.5. The fraction of sp³-hybridized carbons (Fsp3) is 0.167. The van der Waals surface area contributed by atoms with Crippen LogP contribution in [0.4, 0.5) is 10.5 Å². The largest absolute Gasteiger partial charge is 0.467 e. The summed E-state index contributed by atoms with van der Waals surface area (Å²) in [4.78, 5) is 15.6. The van der Waals surface area contributed by atoms with Crippen LogP contribution in [0.3, 0.4) is 0 Å². The third-order valence-corrected chi connectivity index (χ3v) is 2.68. The van der Waals surface area contributed by atoms with Gasteiger partial charge in [-0.25, -0.2) is 9.78 Å². The highest BCUT2D eigenvalue weighted by Gasteiger charge is 2.16. The number of carbonyl (C=O) groups is 1. The van der Waals surface area contributed by atoms with Gasteiger partial charge in [0.2, 0.25) is 0 Å². The Morgan fingerprint density at radius 2 is 2.32 bits per heavy atom. The van der Waals surface area contributed by atoms with E-state index in [2.05, 4.69) is 15.6 Å². The van der Waals surface area contributed by atoms with E-state index in [0.29, 0.717) is 11.4 Å². The Labute approximate surface area is 114 Å². The van der Waals surface area contributed by atoms with Crippen molar-refractivity contribution in [2.75, 3.05) is 11.9 Å². The highest BCUT2D eigenvalue weighted by Crippen LogP contribution is 2.18. The van der Waals surface area contributed by atoms with Crippen LogP contribution in [-0.2, 0) is 0 Å². The molecule has 0 saturated carbocycles. The van der Waals surface area contributed by atoms with Gasteiger partial charge in [-0.2, -0.15) is 0 Å². The third kappa shape index (κ3) is 3.46. The second-order valence-electron chi connectivity index (χ2n) is 3.69. The molecule has 1 atom stereocenters. The van der Waals surface area contributed by atoms with Gasteiger partial charge in [-0.15, -0.1) is 0 Å². The zero-order valence-corrected chi connectivity index (χ0v) is 10.6. The molecule has 0 aliphatic carbocycles. The summed E-state index contributed by atoms with van der Waals surface area (Å²) < 4.78 is 5.12. The summed E-state index contributed by atoms with van der Waals surface area (Å²) in [6.07, 6.45) is 2.99. The van der Waals surface area contributed by atoms with E-state index in [9.17, 15) is 9.90 Å². The summed E-state index contributed by atoms with van der Waals surface area (Å²) in [6, 6.07) is 5.48. The van der Waals surface area contributed by atoms with Crippen LogP contribution in [-0.4, -0.2) is 22.7 Å². The first-order valence-corrected chi connectivity index (χ1v) is 5.91. The van der Waals surface area contributed by atoms with Crippen LogP contribution < -0.4 is 10.6 Å². The van der Waals surface area contributed by atoms with Crippen molar-refractivity contribution in [2.24, 2.45) is 0 Å². The van der Waals surface area contributed by atoms with E-state index in [1.54, 1.807) is 24.3 Å². The van der Waals surface area contributed by atoms with Gasteiger partial charge in [0.1, 0.15) is 11.8 Å². The van der Waals surface area contributed by atoms with Crippen LogP contribution in [0.5, 0.6) is 0 Å². The van der Waals surface area contributed by atoms with E-state index < -0.39 is 12.1 Å². The maximum atomic E-state index is 11.8. The average Bonchev–Trinajstić information content (AvgIpc) is 2.92. The minimum Gasteiger partial charge on any atom is -0.467 e. The maximum Gasteiger partial charge on any atom is 0.320 e. The van der Waals surface area contributed by atoms with Crippen molar-refractivity contribution in [2.45, 2.75) is 6.04 Å². The molecule has 0 radical (unpaired) electrons. The zero-order chi connectivity index (χ0) is 13.7. The molecule has 19 heavy (non-hydrogen) atoms. The van der Waals surface area contributed by atoms with Gasteiger partial charge < -0.3 is 20.2 Å². The van der Waals surface area contributed by atoms with Crippen molar-refractivity contribution < 1.29 is 14.3 Å². The molecular weight excluding hydrogens is 270 g/mol. The highest BCUT2D eigenvalue weighted by molar-refractivity contribution is 6.32. The molecule has 0 spiro atoms. The summed E-state index contributed by atoms with van der Waals surface area (Å²) in [5.41, 5.74) is 0.387. The van der Waals surface area contributed by atoms with Crippen LogP contribution >= 0.6 is 11.6 Å². The summed E-state index contributed by atoms with van der Waals surface area (Å²) in [5, 5.41) is 14.5. The number of urea groups is 1. The molecule has 2 rings (SSSR count). The molecule has 0 bridgehead atoms. The molecule has 3 N–H and O–H groups in total. The number of furan rings is 1. The number of hydrogen-bond donors (Lipinski definition) is 3. The molecule has 2 heterocycles. The molecule has 0 aliphatic rings. The molecule has 0 saturated heterocycles. The number of nitrogens with zero attached hydrogens (tertiary/aromatic N) is 1. The first kappa shape index (κ1) is 13.4. The minimum absolute atomic E-state index is 0.191. The van der Waals surface area contributed by atoms with Gasteiger partial charge in [0.25, 0.3) is 0 Å². The molecule has 0 fully saturated rings. The normalized spacial score (nSPS) is 11.9. The van der Waals surface area contributed by atoms with Crippen molar-refractivity contribution in [3.8, 4) is 0 Å². The molecule has 7 heteroatoms. The second-order valence-corrected chi connectivity index (χ2v) is 4.05. The summed E-state index contributed by atoms with van der Waals surface area (Å²) >= 11 is 5.82. The predicted octanol–water partition coefficient (Wildman–Crippen LogP) is 2.18. The van der Waals surface area contributed by atoms with Crippen molar-refractivity contribution in [3.63, 3.8) is 0 Å². The Morgan fingerprint density at radius 3 is 2.95 bits per heavy atom. The number of hydrogen-bond acceptors (Lipinski definition) is 4. The number of carbonyl (C=O) groups excluding carboxylic acids is 1. The fourth-order valence-corrected chi connectivity index (χ4v) is 1.66. The quantitative estimate of drug-likeness (QED) is 0.750. The molecule has 2 aromatic rings. The first-order chi connectivity index (χ1) is 9.20.